The molecule has 2 N–H and O–H groups in total. The zero-order chi connectivity index (χ0) is 6.97. The van der Waals surface area contributed by atoms with E-state index in [1.807, 2.05) is 0 Å². The molecule has 3 heteroatoms. The van der Waals surface area contributed by atoms with Crippen molar-refractivity contribution in [1.29, 1.82) is 0 Å². The second-order valence-corrected chi connectivity index (χ2v) is 4.51. The van der Waals surface area contributed by atoms with E-state index in [1.54, 1.807) is 0 Å². The minimum atomic E-state index is 0.474. The minimum absolute atomic E-state index is 0.474. The van der Waals surface area contributed by atoms with Gasteiger partial charge in [-0.3, -0.25) is 0 Å². The fourth-order valence-corrected chi connectivity index (χ4v) is 3.08. The van der Waals surface area contributed by atoms with Gasteiger partial charge < -0.3 is 10.6 Å². The topological polar surface area (TPSA) is 29.3 Å². The molecule has 2 bridgehead atoms. The molecule has 0 aromatic rings. The Balaban J connectivity index is 2.00. The first kappa shape index (κ1) is 6.95. The van der Waals surface area contributed by atoms with E-state index in [-0.39, 0.29) is 0 Å². The van der Waals surface area contributed by atoms with E-state index in [9.17, 15) is 0 Å². The van der Waals surface area contributed by atoms with Gasteiger partial charge in [-0.15, -0.1) is 0 Å². The largest absolute Gasteiger partial charge is 0.327 e. The molecule has 2 heterocycles. The zero-order valence-electron chi connectivity index (χ0n) is 6.12. The van der Waals surface area contributed by atoms with Gasteiger partial charge in [0.15, 0.2) is 0 Å². The van der Waals surface area contributed by atoms with Crippen LogP contribution in [0.25, 0.3) is 0 Å². The third-order valence-corrected chi connectivity index (χ3v) is 3.78. The summed E-state index contributed by atoms with van der Waals surface area (Å²) in [5.41, 5.74) is 5.94. The van der Waals surface area contributed by atoms with Crippen LogP contribution in [0.3, 0.4) is 0 Å². The van der Waals surface area contributed by atoms with Crippen LogP contribution in [-0.4, -0.2) is 41.6 Å². The lowest BCUT2D eigenvalue weighted by Crippen LogP contribution is -2.52. The third kappa shape index (κ3) is 1.18. The number of fused-ring (bicyclic) bond motifs is 2. The maximum absolute atomic E-state index is 5.94. The molecule has 2 aliphatic heterocycles. The van der Waals surface area contributed by atoms with Crippen LogP contribution in [-0.2, 0) is 0 Å². The van der Waals surface area contributed by atoms with Gasteiger partial charge in [-0.25, -0.2) is 0 Å². The molecule has 0 amide bonds. The summed E-state index contributed by atoms with van der Waals surface area (Å²) in [6.45, 7) is 3.76. The van der Waals surface area contributed by atoms with Crippen LogP contribution in [0.1, 0.15) is 6.42 Å². The molecular weight excluding hydrogens is 144 g/mol. The van der Waals surface area contributed by atoms with Gasteiger partial charge in [0.1, 0.15) is 0 Å². The van der Waals surface area contributed by atoms with Crippen LogP contribution in [0.15, 0.2) is 0 Å². The lowest BCUT2D eigenvalue weighted by Gasteiger charge is -2.40. The molecule has 2 nitrogen and oxygen atoms in total. The predicted molar refractivity (Wildman–Crippen MR) is 45.3 cm³/mol. The van der Waals surface area contributed by atoms with Crippen molar-refractivity contribution in [2.45, 2.75) is 17.7 Å². The second-order valence-electron chi connectivity index (χ2n) is 3.16. The quantitative estimate of drug-likeness (QED) is 0.543. The number of nitrogens with two attached hydrogens (primary N) is 1. The molecule has 2 aliphatic rings. The van der Waals surface area contributed by atoms with Crippen molar-refractivity contribution in [1.82, 2.24) is 4.90 Å². The molecule has 0 aromatic carbocycles. The van der Waals surface area contributed by atoms with Gasteiger partial charge in [0, 0.05) is 30.1 Å². The maximum Gasteiger partial charge on any atom is 0.0327 e. The van der Waals surface area contributed by atoms with Crippen LogP contribution < -0.4 is 5.73 Å². The molecule has 10 heavy (non-hydrogen) atoms. The lowest BCUT2D eigenvalue weighted by molar-refractivity contribution is 0.222. The van der Waals surface area contributed by atoms with E-state index in [4.69, 9.17) is 5.73 Å². The number of piperidine rings is 1. The molecule has 58 valence electrons. The third-order valence-electron chi connectivity index (χ3n) is 2.43. The van der Waals surface area contributed by atoms with E-state index in [0.717, 1.165) is 5.25 Å². The number of hydrogen-bond acceptors (Lipinski definition) is 3. The number of hydrogen-bond donors (Lipinski definition) is 1. The Bertz CT molecular complexity index is 127. The Labute approximate surface area is 66.1 Å². The van der Waals surface area contributed by atoms with Gasteiger partial charge in [0.05, 0.1) is 0 Å². The van der Waals surface area contributed by atoms with Crippen LogP contribution in [0.5, 0.6) is 0 Å². The summed E-state index contributed by atoms with van der Waals surface area (Å²) in [7, 11) is 0. The van der Waals surface area contributed by atoms with Gasteiger partial charge in [-0.2, -0.15) is 11.8 Å². The van der Waals surface area contributed by atoms with Crippen LogP contribution in [0.4, 0.5) is 0 Å². The summed E-state index contributed by atoms with van der Waals surface area (Å²) in [5.74, 6) is 1.29. The van der Waals surface area contributed by atoms with Crippen molar-refractivity contribution in [3.05, 3.63) is 0 Å². The Hall–Kier alpha value is 0.270. The highest BCUT2D eigenvalue weighted by Gasteiger charge is 2.29. The molecule has 2 rings (SSSR count). The summed E-state index contributed by atoms with van der Waals surface area (Å²) in [5, 5.41) is 0.738. The van der Waals surface area contributed by atoms with Crippen molar-refractivity contribution < 1.29 is 0 Å². The molecular formula is C7H14N2S. The smallest absolute Gasteiger partial charge is 0.0327 e. The molecule has 3 atom stereocenters. The van der Waals surface area contributed by atoms with Crippen LogP contribution in [0.2, 0.25) is 0 Å². The highest BCUT2D eigenvalue weighted by molar-refractivity contribution is 8.00. The van der Waals surface area contributed by atoms with Crippen molar-refractivity contribution in [3.63, 3.8) is 0 Å². The molecule has 3 unspecified atom stereocenters. The standard InChI is InChI=1S/C7H14N2S/c8-6-1-2-9-3-4-10-7(6)5-9/h6-7H,1-5,8H2. The number of thioether (sulfide) groups is 1. The molecule has 2 fully saturated rings. The fourth-order valence-electron chi connectivity index (χ4n) is 1.71. The van der Waals surface area contributed by atoms with Crippen LogP contribution >= 0.6 is 11.8 Å². The zero-order valence-corrected chi connectivity index (χ0v) is 6.94. The summed E-state index contributed by atoms with van der Waals surface area (Å²) in [6, 6.07) is 0.474. The fraction of sp³-hybridized carbons (Fsp3) is 1.00. The van der Waals surface area contributed by atoms with Gasteiger partial charge in [0.25, 0.3) is 0 Å². The highest BCUT2D eigenvalue weighted by atomic mass is 32.2. The second kappa shape index (κ2) is 2.72. The molecule has 0 radical (unpaired) electrons. The number of rotatable bonds is 0. The Morgan fingerprint density at radius 1 is 1.40 bits per heavy atom. The monoisotopic (exact) mass is 158 g/mol. The minimum Gasteiger partial charge on any atom is -0.327 e. The normalized spacial score (nSPS) is 47.1. The van der Waals surface area contributed by atoms with E-state index in [0.29, 0.717) is 6.04 Å². The molecule has 0 aliphatic carbocycles. The first-order valence-electron chi connectivity index (χ1n) is 3.96. The molecule has 0 aromatic heterocycles. The predicted octanol–water partition coefficient (Wildman–Crippen LogP) is 0.135. The molecule has 0 spiro atoms. The van der Waals surface area contributed by atoms with E-state index in [1.165, 1.54) is 31.8 Å². The summed E-state index contributed by atoms with van der Waals surface area (Å²) in [4.78, 5) is 2.53. The van der Waals surface area contributed by atoms with Crippen LogP contribution in [0, 0.1) is 0 Å². The van der Waals surface area contributed by atoms with E-state index < -0.39 is 0 Å². The number of nitrogens with zero attached hydrogens (tertiary/aromatic N) is 1. The van der Waals surface area contributed by atoms with Gasteiger partial charge in [-0.1, -0.05) is 0 Å². The van der Waals surface area contributed by atoms with Gasteiger partial charge in [-0.05, 0) is 13.0 Å². The Kier molecular flexibility index (Phi) is 1.89. The van der Waals surface area contributed by atoms with Gasteiger partial charge >= 0.3 is 0 Å². The average molecular weight is 158 g/mol. The molecule has 2 saturated heterocycles. The van der Waals surface area contributed by atoms with E-state index in [2.05, 4.69) is 16.7 Å². The van der Waals surface area contributed by atoms with Crippen molar-refractivity contribution in [3.8, 4) is 0 Å². The van der Waals surface area contributed by atoms with Crippen molar-refractivity contribution >= 4 is 11.8 Å². The first-order valence-corrected chi connectivity index (χ1v) is 5.00. The lowest BCUT2D eigenvalue weighted by atomic mass is 10.1. The Morgan fingerprint density at radius 3 is 3.10 bits per heavy atom. The SMILES string of the molecule is NC1CCN2CCSC1C2. The van der Waals surface area contributed by atoms with E-state index >= 15 is 0 Å². The van der Waals surface area contributed by atoms with Crippen molar-refractivity contribution in [2.75, 3.05) is 25.4 Å². The van der Waals surface area contributed by atoms with Crippen molar-refractivity contribution in [2.24, 2.45) is 5.73 Å². The summed E-state index contributed by atoms with van der Waals surface area (Å²) >= 11 is 2.06. The summed E-state index contributed by atoms with van der Waals surface area (Å²) in [6.07, 6.45) is 1.21. The highest BCUT2D eigenvalue weighted by Crippen LogP contribution is 2.25. The summed E-state index contributed by atoms with van der Waals surface area (Å²) < 4.78 is 0. The van der Waals surface area contributed by atoms with Gasteiger partial charge in [0.2, 0.25) is 0 Å². The molecule has 0 saturated carbocycles. The maximum atomic E-state index is 5.94. The Morgan fingerprint density at radius 2 is 2.30 bits per heavy atom. The average Bonchev–Trinajstić information content (AvgIpc) is 1.99. The first-order chi connectivity index (χ1) is 4.86.